The van der Waals surface area contributed by atoms with E-state index in [9.17, 15) is 35.1 Å². The van der Waals surface area contributed by atoms with E-state index in [1.165, 1.54) is 13.0 Å². The molecule has 1 aromatic rings. The first-order valence-corrected chi connectivity index (χ1v) is 19.6. The van der Waals surface area contributed by atoms with Gasteiger partial charge in [0.15, 0.2) is 5.78 Å². The number of carboxylic acids is 1. The van der Waals surface area contributed by atoms with Gasteiger partial charge < -0.3 is 25.5 Å². The molecule has 8 nitrogen and oxygen atoms in total. The quantitative estimate of drug-likeness (QED) is 0.168. The molecule has 11 atom stereocenters. The maximum Gasteiger partial charge on any atom is 0.331 e. The predicted molar refractivity (Wildman–Crippen MR) is 200 cm³/mol. The summed E-state index contributed by atoms with van der Waals surface area (Å²) in [6.07, 6.45) is 6.98. The SMILES string of the molecule is CC(O)CC(=CC(O)CC(C)C1CC(O)C2(C)C3=C(C(=O)CC12C1CCCC1)C1(C)CCC(=O)C(C)(C)C1C(C=Cc1ccccc1)C3O)C(=O)O. The van der Waals surface area contributed by atoms with Crippen LogP contribution >= 0.6 is 0 Å². The first-order chi connectivity index (χ1) is 24.4. The van der Waals surface area contributed by atoms with Gasteiger partial charge in [0, 0.05) is 52.6 Å². The van der Waals surface area contributed by atoms with E-state index in [2.05, 4.69) is 13.8 Å². The summed E-state index contributed by atoms with van der Waals surface area (Å²) in [6, 6.07) is 9.89. The van der Waals surface area contributed by atoms with Crippen LogP contribution in [0.2, 0.25) is 0 Å². The van der Waals surface area contributed by atoms with Crippen LogP contribution in [0.1, 0.15) is 111 Å². The predicted octanol–water partition coefficient (Wildman–Crippen LogP) is 6.70. The fraction of sp³-hybridized carbons (Fsp3) is 0.659. The van der Waals surface area contributed by atoms with E-state index in [0.717, 1.165) is 31.2 Å². The van der Waals surface area contributed by atoms with E-state index in [4.69, 9.17) is 0 Å². The highest BCUT2D eigenvalue weighted by atomic mass is 16.4. The number of allylic oxidation sites excluding steroid dienone is 1. The standard InChI is InChI=1S/C44H60O8/c1-25(20-30(46)22-28(40(51)52)21-26(2)45)32-23-35(49)43(6)37-36(33(47)24-44(32,43)29-14-10-11-15-29)42(5)19-18-34(48)41(3,4)39(42)31(38(37)50)17-16-27-12-8-7-9-13-27/h7-9,12-13,16-17,22,25-26,29-32,35,38-39,45-46,49-50H,10-11,14-15,18-21,23-24H2,1-6H3,(H,51,52). The minimum Gasteiger partial charge on any atom is -0.478 e. The number of aliphatic hydroxyl groups is 4. The largest absolute Gasteiger partial charge is 0.478 e. The van der Waals surface area contributed by atoms with Gasteiger partial charge in [0.2, 0.25) is 0 Å². The molecule has 0 amide bonds. The van der Waals surface area contributed by atoms with Gasteiger partial charge in [-0.25, -0.2) is 4.79 Å². The normalized spacial score (nSPS) is 38.2. The first-order valence-electron chi connectivity index (χ1n) is 19.6. The van der Waals surface area contributed by atoms with Crippen molar-refractivity contribution in [1.82, 2.24) is 0 Å². The molecular formula is C44H60O8. The molecule has 8 heteroatoms. The Morgan fingerprint density at radius 1 is 1.00 bits per heavy atom. The Hall–Kier alpha value is -2.91. The first kappa shape index (κ1) is 38.8. The number of Topliss-reactive ketones (excluding diaryl/α,β-unsaturated/α-hetero) is 2. The summed E-state index contributed by atoms with van der Waals surface area (Å²) in [4.78, 5) is 40.8. The number of hydrogen-bond acceptors (Lipinski definition) is 7. The highest BCUT2D eigenvalue weighted by Crippen LogP contribution is 2.75. The zero-order chi connectivity index (χ0) is 38.0. The average molecular weight is 717 g/mol. The van der Waals surface area contributed by atoms with Gasteiger partial charge in [-0.3, -0.25) is 9.59 Å². The van der Waals surface area contributed by atoms with Crippen molar-refractivity contribution in [2.75, 3.05) is 0 Å². The molecule has 3 saturated carbocycles. The van der Waals surface area contributed by atoms with Gasteiger partial charge in [0.1, 0.15) is 5.78 Å². The third-order valence-electron chi connectivity index (χ3n) is 14.9. The summed E-state index contributed by atoms with van der Waals surface area (Å²) < 4.78 is 0. The second-order valence-corrected chi connectivity index (χ2v) is 18.1. The molecule has 0 aliphatic heterocycles. The molecule has 0 spiro atoms. The number of hydrogen-bond donors (Lipinski definition) is 5. The Kier molecular flexibility index (Phi) is 10.5. The van der Waals surface area contributed by atoms with Crippen LogP contribution in [0, 0.1) is 51.2 Å². The number of aliphatic carboxylic acids is 1. The molecule has 52 heavy (non-hydrogen) atoms. The van der Waals surface area contributed by atoms with Gasteiger partial charge in [-0.05, 0) is 85.3 Å². The van der Waals surface area contributed by atoms with Crippen molar-refractivity contribution in [3.05, 3.63) is 64.8 Å². The molecule has 0 saturated heterocycles. The highest BCUT2D eigenvalue weighted by molar-refractivity contribution is 6.01. The van der Waals surface area contributed by atoms with Crippen molar-refractivity contribution in [3.63, 3.8) is 0 Å². The minimum atomic E-state index is -1.18. The lowest BCUT2D eigenvalue weighted by atomic mass is 9.38. The molecule has 3 fully saturated rings. The lowest BCUT2D eigenvalue weighted by Gasteiger charge is -2.64. The van der Waals surface area contributed by atoms with Gasteiger partial charge in [0.05, 0.1) is 24.4 Å². The molecule has 0 heterocycles. The summed E-state index contributed by atoms with van der Waals surface area (Å²) in [5.74, 6) is -2.09. The topological polar surface area (TPSA) is 152 Å². The van der Waals surface area contributed by atoms with Crippen molar-refractivity contribution in [1.29, 1.82) is 0 Å². The lowest BCUT2D eigenvalue weighted by Crippen LogP contribution is -2.64. The molecule has 6 rings (SSSR count). The summed E-state index contributed by atoms with van der Waals surface area (Å²) in [5.41, 5.74) is -0.894. The molecule has 5 N–H and O–H groups in total. The maximum absolute atomic E-state index is 15.2. The van der Waals surface area contributed by atoms with Gasteiger partial charge in [-0.2, -0.15) is 0 Å². The van der Waals surface area contributed by atoms with Crippen LogP contribution in [0.25, 0.3) is 6.08 Å². The van der Waals surface area contributed by atoms with Crippen molar-refractivity contribution >= 4 is 23.6 Å². The summed E-state index contributed by atoms with van der Waals surface area (Å²) in [7, 11) is 0. The Balaban J connectivity index is 1.50. The number of carboxylic acid groups (broad SMARTS) is 1. The number of benzene rings is 1. The van der Waals surface area contributed by atoms with E-state index in [0.29, 0.717) is 30.4 Å². The van der Waals surface area contributed by atoms with Crippen LogP contribution in [0.4, 0.5) is 0 Å². The van der Waals surface area contributed by atoms with Crippen molar-refractivity contribution in [2.45, 2.75) is 130 Å². The second kappa shape index (κ2) is 14.1. The van der Waals surface area contributed by atoms with E-state index in [-0.39, 0.29) is 60.1 Å². The van der Waals surface area contributed by atoms with Crippen LogP contribution in [-0.2, 0) is 14.4 Å². The number of carbonyl (C=O) groups is 3. The molecule has 0 aromatic heterocycles. The smallest absolute Gasteiger partial charge is 0.331 e. The zero-order valence-electron chi connectivity index (χ0n) is 31.8. The summed E-state index contributed by atoms with van der Waals surface area (Å²) in [6.45, 7) is 11.7. The van der Waals surface area contributed by atoms with E-state index >= 15 is 4.79 Å². The van der Waals surface area contributed by atoms with E-state index < -0.39 is 58.0 Å². The van der Waals surface area contributed by atoms with E-state index in [1.807, 2.05) is 63.3 Å². The number of carbonyl (C=O) groups excluding carboxylic acids is 2. The van der Waals surface area contributed by atoms with Gasteiger partial charge >= 0.3 is 5.97 Å². The Morgan fingerprint density at radius 2 is 1.65 bits per heavy atom. The Bertz CT molecular complexity index is 1650. The fourth-order valence-electron chi connectivity index (χ4n) is 12.8. The summed E-state index contributed by atoms with van der Waals surface area (Å²) in [5, 5.41) is 56.3. The Labute approximate surface area is 309 Å². The van der Waals surface area contributed by atoms with Crippen LogP contribution < -0.4 is 0 Å². The number of aliphatic hydroxyl groups excluding tert-OH is 4. The van der Waals surface area contributed by atoms with Crippen molar-refractivity contribution in [3.8, 4) is 0 Å². The second-order valence-electron chi connectivity index (χ2n) is 18.1. The molecular weight excluding hydrogens is 656 g/mol. The van der Waals surface area contributed by atoms with Crippen molar-refractivity contribution in [2.24, 2.45) is 51.2 Å². The maximum atomic E-state index is 15.2. The van der Waals surface area contributed by atoms with Crippen molar-refractivity contribution < 1.29 is 39.9 Å². The minimum absolute atomic E-state index is 0.0124. The van der Waals surface area contributed by atoms with Gasteiger partial charge in [-0.1, -0.05) is 89.9 Å². The summed E-state index contributed by atoms with van der Waals surface area (Å²) >= 11 is 0. The third kappa shape index (κ3) is 6.00. The van der Waals surface area contributed by atoms with Crippen LogP contribution in [-0.4, -0.2) is 67.5 Å². The number of rotatable bonds is 10. The molecule has 5 aliphatic carbocycles. The van der Waals surface area contributed by atoms with Gasteiger partial charge in [-0.15, -0.1) is 0 Å². The van der Waals surface area contributed by atoms with Gasteiger partial charge in [0.25, 0.3) is 0 Å². The van der Waals surface area contributed by atoms with Crippen LogP contribution in [0.15, 0.2) is 59.2 Å². The number of fused-ring (bicyclic) bond motifs is 4. The van der Waals surface area contributed by atoms with Crippen LogP contribution in [0.5, 0.6) is 0 Å². The monoisotopic (exact) mass is 716 g/mol. The highest BCUT2D eigenvalue weighted by Gasteiger charge is 2.74. The van der Waals surface area contributed by atoms with Crippen LogP contribution in [0.3, 0.4) is 0 Å². The van der Waals surface area contributed by atoms with E-state index in [1.54, 1.807) is 0 Å². The Morgan fingerprint density at radius 3 is 2.27 bits per heavy atom. The molecule has 284 valence electrons. The molecule has 0 bridgehead atoms. The number of ketones is 2. The molecule has 11 unspecified atom stereocenters. The molecule has 1 aromatic carbocycles. The third-order valence-corrected chi connectivity index (χ3v) is 14.9. The lowest BCUT2D eigenvalue weighted by molar-refractivity contribution is -0.154. The fourth-order valence-corrected chi connectivity index (χ4v) is 12.8. The molecule has 5 aliphatic rings. The average Bonchev–Trinajstić information content (AvgIpc) is 3.69. The molecule has 0 radical (unpaired) electrons. The zero-order valence-corrected chi connectivity index (χ0v) is 31.8.